The topological polar surface area (TPSA) is 9.23 Å². The molecule has 0 saturated carbocycles. The van der Waals surface area contributed by atoms with Crippen molar-refractivity contribution in [1.29, 1.82) is 0 Å². The van der Waals surface area contributed by atoms with Crippen LogP contribution in [0.4, 0.5) is 0 Å². The third-order valence-corrected chi connectivity index (χ3v) is 3.99. The number of hydrogen-bond donors (Lipinski definition) is 0. The lowest BCUT2D eigenvalue weighted by atomic mass is 9.93. The lowest BCUT2D eigenvalue weighted by molar-refractivity contribution is 0.304. The molecular weight excluding hydrogens is 256 g/mol. The SMILES string of the molecule is CCCCCCCCOc1ccc(C2C=C[C]=CC2)cc1. The fraction of sp³-hybridized carbons (Fsp3) is 0.500. The molecule has 1 heteroatoms. The van der Waals surface area contributed by atoms with Crippen LogP contribution in [-0.4, -0.2) is 6.61 Å². The van der Waals surface area contributed by atoms with Gasteiger partial charge in [0.15, 0.2) is 0 Å². The Balaban J connectivity index is 1.65. The Morgan fingerprint density at radius 3 is 2.52 bits per heavy atom. The van der Waals surface area contributed by atoms with Crippen LogP contribution in [0.25, 0.3) is 0 Å². The Labute approximate surface area is 129 Å². The van der Waals surface area contributed by atoms with Crippen molar-refractivity contribution < 1.29 is 4.74 Å². The monoisotopic (exact) mass is 283 g/mol. The van der Waals surface area contributed by atoms with Gasteiger partial charge in [0.25, 0.3) is 0 Å². The molecule has 0 bridgehead atoms. The van der Waals surface area contributed by atoms with Crippen molar-refractivity contribution in [1.82, 2.24) is 0 Å². The lowest BCUT2D eigenvalue weighted by Gasteiger charge is -2.14. The van der Waals surface area contributed by atoms with Crippen LogP contribution < -0.4 is 4.74 Å². The van der Waals surface area contributed by atoms with E-state index in [0.29, 0.717) is 5.92 Å². The standard InChI is InChI=1S/C20H27O/c1-2-3-4-5-6-10-17-21-20-15-13-19(14-16-20)18-11-8-7-9-12-18/h8-9,11,13-16,18H,2-6,10,12,17H2,1H3. The molecule has 0 saturated heterocycles. The van der Waals surface area contributed by atoms with Crippen molar-refractivity contribution in [3.8, 4) is 5.75 Å². The second-order valence-electron chi connectivity index (χ2n) is 5.76. The third-order valence-electron chi connectivity index (χ3n) is 3.99. The molecule has 1 aromatic carbocycles. The van der Waals surface area contributed by atoms with Crippen molar-refractivity contribution >= 4 is 0 Å². The normalized spacial score (nSPS) is 17.1. The van der Waals surface area contributed by atoms with Gasteiger partial charge in [0.2, 0.25) is 0 Å². The Bertz CT molecular complexity index is 441. The van der Waals surface area contributed by atoms with Crippen LogP contribution in [-0.2, 0) is 0 Å². The predicted octanol–water partition coefficient (Wildman–Crippen LogP) is 5.83. The van der Waals surface area contributed by atoms with E-state index >= 15 is 0 Å². The summed E-state index contributed by atoms with van der Waals surface area (Å²) in [6.45, 7) is 3.09. The summed E-state index contributed by atoms with van der Waals surface area (Å²) in [7, 11) is 0. The van der Waals surface area contributed by atoms with Crippen LogP contribution in [0.1, 0.15) is 63.4 Å². The van der Waals surface area contributed by atoms with E-state index in [1.807, 2.05) is 6.08 Å². The third kappa shape index (κ3) is 5.79. The van der Waals surface area contributed by atoms with E-state index in [1.165, 1.54) is 37.7 Å². The summed E-state index contributed by atoms with van der Waals surface area (Å²) in [6, 6.07) is 8.57. The van der Waals surface area contributed by atoms with E-state index < -0.39 is 0 Å². The molecule has 0 aliphatic heterocycles. The molecule has 1 radical (unpaired) electrons. The summed E-state index contributed by atoms with van der Waals surface area (Å²) in [5.74, 6) is 1.49. The van der Waals surface area contributed by atoms with Gasteiger partial charge in [-0.1, -0.05) is 69.4 Å². The molecule has 113 valence electrons. The van der Waals surface area contributed by atoms with Gasteiger partial charge in [-0.05, 0) is 36.6 Å². The average molecular weight is 283 g/mol. The predicted molar refractivity (Wildman–Crippen MR) is 89.6 cm³/mol. The second-order valence-corrected chi connectivity index (χ2v) is 5.76. The highest BCUT2D eigenvalue weighted by molar-refractivity contribution is 5.33. The molecule has 1 aromatic rings. The maximum atomic E-state index is 5.82. The van der Waals surface area contributed by atoms with Crippen molar-refractivity contribution in [2.24, 2.45) is 0 Å². The molecule has 0 spiro atoms. The highest BCUT2D eigenvalue weighted by Gasteiger charge is 2.08. The van der Waals surface area contributed by atoms with Crippen molar-refractivity contribution in [2.45, 2.75) is 57.8 Å². The Kier molecular flexibility index (Phi) is 7.14. The van der Waals surface area contributed by atoms with Gasteiger partial charge < -0.3 is 4.74 Å². The highest BCUT2D eigenvalue weighted by Crippen LogP contribution is 2.26. The number of ether oxygens (including phenoxy) is 1. The van der Waals surface area contributed by atoms with Crippen LogP contribution in [0, 0.1) is 6.08 Å². The molecule has 0 fully saturated rings. The Hall–Kier alpha value is -1.50. The number of unbranched alkanes of at least 4 members (excludes halogenated alkanes) is 5. The number of rotatable bonds is 9. The van der Waals surface area contributed by atoms with E-state index in [-0.39, 0.29) is 0 Å². The molecule has 0 aromatic heterocycles. The Morgan fingerprint density at radius 1 is 1.05 bits per heavy atom. The van der Waals surface area contributed by atoms with E-state index in [1.54, 1.807) is 0 Å². The maximum Gasteiger partial charge on any atom is 0.119 e. The molecule has 0 amide bonds. The van der Waals surface area contributed by atoms with Gasteiger partial charge in [0.1, 0.15) is 5.75 Å². The van der Waals surface area contributed by atoms with Crippen LogP contribution in [0.15, 0.2) is 42.5 Å². The zero-order valence-electron chi connectivity index (χ0n) is 13.2. The van der Waals surface area contributed by atoms with Gasteiger partial charge in [0, 0.05) is 5.92 Å². The highest BCUT2D eigenvalue weighted by atomic mass is 16.5. The number of allylic oxidation sites excluding steroid dienone is 4. The van der Waals surface area contributed by atoms with Crippen LogP contribution in [0.5, 0.6) is 5.75 Å². The minimum Gasteiger partial charge on any atom is -0.494 e. The molecule has 1 aliphatic carbocycles. The summed E-state index contributed by atoms with van der Waals surface area (Å²) >= 11 is 0. The van der Waals surface area contributed by atoms with Crippen molar-refractivity contribution in [3.05, 3.63) is 54.1 Å². The summed E-state index contributed by atoms with van der Waals surface area (Å²) in [5.41, 5.74) is 1.36. The minimum atomic E-state index is 0.499. The van der Waals surface area contributed by atoms with Gasteiger partial charge in [-0.3, -0.25) is 0 Å². The smallest absolute Gasteiger partial charge is 0.119 e. The lowest BCUT2D eigenvalue weighted by Crippen LogP contribution is -1.99. The first kappa shape index (κ1) is 15.9. The van der Waals surface area contributed by atoms with Crippen molar-refractivity contribution in [2.75, 3.05) is 6.61 Å². The second kappa shape index (κ2) is 9.44. The molecule has 1 unspecified atom stereocenters. The molecule has 1 nitrogen and oxygen atoms in total. The summed E-state index contributed by atoms with van der Waals surface area (Å²) in [5, 5.41) is 0. The van der Waals surface area contributed by atoms with Gasteiger partial charge in [-0.25, -0.2) is 0 Å². The maximum absolute atomic E-state index is 5.82. The van der Waals surface area contributed by atoms with Gasteiger partial charge >= 0.3 is 0 Å². The van der Waals surface area contributed by atoms with E-state index in [9.17, 15) is 0 Å². The molecule has 1 atom stereocenters. The molecule has 1 aliphatic rings. The van der Waals surface area contributed by atoms with Gasteiger partial charge in [-0.2, -0.15) is 0 Å². The van der Waals surface area contributed by atoms with Crippen molar-refractivity contribution in [3.63, 3.8) is 0 Å². The molecule has 0 heterocycles. The Morgan fingerprint density at radius 2 is 1.81 bits per heavy atom. The minimum absolute atomic E-state index is 0.499. The first-order chi connectivity index (χ1) is 10.4. The zero-order valence-corrected chi connectivity index (χ0v) is 13.2. The molecule has 2 rings (SSSR count). The summed E-state index contributed by atoms with van der Waals surface area (Å²) in [6.07, 6.45) is 18.3. The van der Waals surface area contributed by atoms with Gasteiger partial charge in [0.05, 0.1) is 6.61 Å². The molecule has 21 heavy (non-hydrogen) atoms. The van der Waals surface area contributed by atoms with E-state index in [2.05, 4.69) is 49.4 Å². The first-order valence-electron chi connectivity index (χ1n) is 8.37. The number of hydrogen-bond acceptors (Lipinski definition) is 1. The van der Waals surface area contributed by atoms with Crippen LogP contribution in [0.3, 0.4) is 0 Å². The summed E-state index contributed by atoms with van der Waals surface area (Å²) < 4.78 is 5.82. The summed E-state index contributed by atoms with van der Waals surface area (Å²) in [4.78, 5) is 0. The average Bonchev–Trinajstić information content (AvgIpc) is 2.55. The largest absolute Gasteiger partial charge is 0.494 e. The quantitative estimate of drug-likeness (QED) is 0.518. The van der Waals surface area contributed by atoms with E-state index in [4.69, 9.17) is 4.74 Å². The van der Waals surface area contributed by atoms with Crippen LogP contribution >= 0.6 is 0 Å². The zero-order chi connectivity index (χ0) is 14.8. The molecular formula is C20H27O. The molecule has 0 N–H and O–H groups in total. The fourth-order valence-corrected chi connectivity index (χ4v) is 2.64. The van der Waals surface area contributed by atoms with Crippen LogP contribution in [0.2, 0.25) is 0 Å². The van der Waals surface area contributed by atoms with Gasteiger partial charge in [-0.15, -0.1) is 0 Å². The number of benzene rings is 1. The fourth-order valence-electron chi connectivity index (χ4n) is 2.64. The van der Waals surface area contributed by atoms with E-state index in [0.717, 1.165) is 25.2 Å². The first-order valence-corrected chi connectivity index (χ1v) is 8.37.